The number of halogens is 4. The quantitative estimate of drug-likeness (QED) is 0.516. The fraction of sp³-hybridized carbons (Fsp3) is 0.353. The van der Waals surface area contributed by atoms with Crippen LogP contribution in [0.1, 0.15) is 16.8 Å². The third-order valence-corrected chi connectivity index (χ3v) is 4.15. The Kier molecular flexibility index (Phi) is 6.16. The van der Waals surface area contributed by atoms with Gasteiger partial charge in [0.25, 0.3) is 11.8 Å². The molecule has 156 valence electrons. The summed E-state index contributed by atoms with van der Waals surface area (Å²) >= 11 is 5.83. The first kappa shape index (κ1) is 20.8. The summed E-state index contributed by atoms with van der Waals surface area (Å²) in [7, 11) is 2.49. The Morgan fingerprint density at radius 3 is 2.69 bits per heavy atom. The minimum absolute atomic E-state index is 0.112. The van der Waals surface area contributed by atoms with Crippen LogP contribution in [0.25, 0.3) is 0 Å². The molecule has 0 N–H and O–H groups in total. The number of hydrogen-bond donors (Lipinski definition) is 0. The van der Waals surface area contributed by atoms with E-state index in [2.05, 4.69) is 15.4 Å². The molecule has 1 aromatic carbocycles. The van der Waals surface area contributed by atoms with Crippen molar-refractivity contribution in [2.75, 3.05) is 20.3 Å². The van der Waals surface area contributed by atoms with Gasteiger partial charge in [0.15, 0.2) is 18.0 Å². The van der Waals surface area contributed by atoms with Crippen molar-refractivity contribution in [2.24, 2.45) is 17.4 Å². The second-order valence-corrected chi connectivity index (χ2v) is 6.11. The van der Waals surface area contributed by atoms with Gasteiger partial charge >= 0.3 is 6.18 Å². The third kappa shape index (κ3) is 4.56. The van der Waals surface area contributed by atoms with E-state index in [-0.39, 0.29) is 30.7 Å². The van der Waals surface area contributed by atoms with Gasteiger partial charge in [0.05, 0.1) is 0 Å². The van der Waals surface area contributed by atoms with Gasteiger partial charge in [-0.1, -0.05) is 41.0 Å². The lowest BCUT2D eigenvalue weighted by Gasteiger charge is -2.16. The molecule has 0 radical (unpaired) electrons. The number of hydrogen-bond acceptors (Lipinski definition) is 7. The van der Waals surface area contributed by atoms with E-state index < -0.39 is 16.9 Å². The number of rotatable bonds is 6. The Labute approximate surface area is 168 Å². The van der Waals surface area contributed by atoms with Crippen molar-refractivity contribution in [2.45, 2.75) is 12.8 Å². The average Bonchev–Trinajstić information content (AvgIpc) is 2.99. The summed E-state index contributed by atoms with van der Waals surface area (Å²) in [5.41, 5.74) is 0.248. The van der Waals surface area contributed by atoms with E-state index in [1.165, 1.54) is 7.11 Å². The van der Waals surface area contributed by atoms with Crippen LogP contribution in [0.2, 0.25) is 5.02 Å². The van der Waals surface area contributed by atoms with Crippen molar-refractivity contribution < 1.29 is 32.3 Å². The number of nitrogens with zero attached hydrogens (tertiary/aromatic N) is 4. The molecule has 1 aromatic heterocycles. The molecule has 0 unspecified atom stereocenters. The van der Waals surface area contributed by atoms with Crippen molar-refractivity contribution in [1.82, 2.24) is 9.78 Å². The van der Waals surface area contributed by atoms with Gasteiger partial charge in [-0.2, -0.15) is 13.2 Å². The van der Waals surface area contributed by atoms with Crippen LogP contribution in [0.5, 0.6) is 5.88 Å². The molecule has 1 aliphatic heterocycles. The molecule has 0 saturated carbocycles. The Hall–Kier alpha value is -2.95. The third-order valence-electron chi connectivity index (χ3n) is 3.81. The maximum absolute atomic E-state index is 13.1. The van der Waals surface area contributed by atoms with Gasteiger partial charge in [0.1, 0.15) is 25.3 Å². The van der Waals surface area contributed by atoms with Crippen LogP contribution in [0.3, 0.4) is 0 Å². The Balaban J connectivity index is 1.89. The molecule has 0 aliphatic carbocycles. The van der Waals surface area contributed by atoms with Crippen molar-refractivity contribution in [1.29, 1.82) is 0 Å². The van der Waals surface area contributed by atoms with E-state index in [0.717, 1.165) is 7.05 Å². The molecular formula is C17H16ClF3N4O4. The first-order chi connectivity index (χ1) is 13.8. The summed E-state index contributed by atoms with van der Waals surface area (Å²) in [4.78, 5) is 9.90. The highest BCUT2D eigenvalue weighted by molar-refractivity contribution is 6.45. The molecule has 0 amide bonds. The molecule has 0 saturated heterocycles. The summed E-state index contributed by atoms with van der Waals surface area (Å²) in [5.74, 6) is -0.225. The Morgan fingerprint density at radius 1 is 1.31 bits per heavy atom. The molecule has 0 spiro atoms. The van der Waals surface area contributed by atoms with E-state index in [4.69, 9.17) is 30.7 Å². The first-order valence-corrected chi connectivity index (χ1v) is 8.65. The number of aryl methyl sites for hydroxylation is 1. The Bertz CT molecular complexity index is 943. The molecule has 0 fully saturated rings. The smallest absolute Gasteiger partial charge is 0.434 e. The zero-order valence-electron chi connectivity index (χ0n) is 15.4. The fourth-order valence-corrected chi connectivity index (χ4v) is 2.93. The molecule has 1 aliphatic rings. The van der Waals surface area contributed by atoms with Crippen LogP contribution in [0, 0.1) is 0 Å². The summed E-state index contributed by atoms with van der Waals surface area (Å²) in [6.07, 6.45) is -4.66. The van der Waals surface area contributed by atoms with Crippen molar-refractivity contribution >= 4 is 23.2 Å². The molecule has 3 rings (SSSR count). The summed E-state index contributed by atoms with van der Waals surface area (Å²) in [5, 5.41) is 10.9. The largest absolute Gasteiger partial charge is 0.471 e. The van der Waals surface area contributed by atoms with Crippen LogP contribution in [0.15, 0.2) is 34.6 Å². The number of ether oxygens (including phenoxy) is 2. The van der Waals surface area contributed by atoms with Gasteiger partial charge < -0.3 is 19.1 Å². The Morgan fingerprint density at radius 2 is 2.07 bits per heavy atom. The number of aromatic nitrogens is 2. The molecular weight excluding hydrogens is 417 g/mol. The summed E-state index contributed by atoms with van der Waals surface area (Å²) in [6.45, 7) is 0.444. The topological polar surface area (TPSA) is 79.5 Å². The highest BCUT2D eigenvalue weighted by atomic mass is 35.5. The lowest BCUT2D eigenvalue weighted by atomic mass is 10.0. The molecule has 2 aromatic rings. The van der Waals surface area contributed by atoms with Crippen LogP contribution in [-0.4, -0.2) is 41.7 Å². The van der Waals surface area contributed by atoms with Gasteiger partial charge in [0, 0.05) is 12.6 Å². The number of oxime groups is 2. The van der Waals surface area contributed by atoms with Crippen LogP contribution in [0.4, 0.5) is 13.2 Å². The van der Waals surface area contributed by atoms with E-state index in [0.29, 0.717) is 22.4 Å². The maximum atomic E-state index is 13.1. The van der Waals surface area contributed by atoms with Crippen molar-refractivity contribution in [3.8, 4) is 5.88 Å². The lowest BCUT2D eigenvalue weighted by Crippen LogP contribution is -2.26. The van der Waals surface area contributed by atoms with Crippen LogP contribution in [-0.2, 0) is 34.2 Å². The zero-order valence-corrected chi connectivity index (χ0v) is 16.1. The minimum Gasteiger partial charge on any atom is -0.471 e. The minimum atomic E-state index is -4.66. The van der Waals surface area contributed by atoms with Gasteiger partial charge in [-0.05, 0) is 10.7 Å². The monoisotopic (exact) mass is 432 g/mol. The highest BCUT2D eigenvalue weighted by Gasteiger charge is 2.39. The molecule has 8 nitrogen and oxygen atoms in total. The predicted octanol–water partition coefficient (Wildman–Crippen LogP) is 3.38. The second kappa shape index (κ2) is 8.60. The summed E-state index contributed by atoms with van der Waals surface area (Å²) in [6, 6.07) is 6.88. The average molecular weight is 433 g/mol. The maximum Gasteiger partial charge on any atom is 0.434 e. The molecule has 0 atom stereocenters. The van der Waals surface area contributed by atoms with Crippen molar-refractivity contribution in [3.05, 3.63) is 46.1 Å². The second-order valence-electron chi connectivity index (χ2n) is 5.74. The zero-order chi connectivity index (χ0) is 21.0. The first-order valence-electron chi connectivity index (χ1n) is 8.28. The predicted molar refractivity (Wildman–Crippen MR) is 96.9 cm³/mol. The van der Waals surface area contributed by atoms with E-state index >= 15 is 0 Å². The fourth-order valence-electron chi connectivity index (χ4n) is 2.61. The number of benzene rings is 1. The van der Waals surface area contributed by atoms with E-state index in [9.17, 15) is 13.2 Å². The standard InChI is InChI=1S/C17H16ClF3N4O4/c1-25-14(17(19,20)21)12(18)15(22-25)28-9-10-5-3-4-6-11(10)13(23-26-2)16-24-29-8-7-27-16/h3-6H,7-9H2,1-2H3/b23-13-. The van der Waals surface area contributed by atoms with Crippen molar-refractivity contribution in [3.63, 3.8) is 0 Å². The number of alkyl halides is 3. The van der Waals surface area contributed by atoms with Gasteiger partial charge in [-0.25, -0.2) is 0 Å². The van der Waals surface area contributed by atoms with E-state index in [1.807, 2.05) is 0 Å². The van der Waals surface area contributed by atoms with Gasteiger partial charge in [-0.15, -0.1) is 5.10 Å². The summed E-state index contributed by atoms with van der Waals surface area (Å²) < 4.78 is 50.8. The van der Waals surface area contributed by atoms with Gasteiger partial charge in [-0.3, -0.25) is 4.68 Å². The SMILES string of the molecule is CO/N=C(\C1=NOCCO1)c1ccccc1COc1nn(C)c(C(F)(F)F)c1Cl. The molecule has 12 heteroatoms. The van der Waals surface area contributed by atoms with Crippen LogP contribution < -0.4 is 4.74 Å². The lowest BCUT2D eigenvalue weighted by molar-refractivity contribution is -0.143. The molecule has 2 heterocycles. The molecule has 0 bridgehead atoms. The highest BCUT2D eigenvalue weighted by Crippen LogP contribution is 2.39. The van der Waals surface area contributed by atoms with E-state index in [1.54, 1.807) is 24.3 Å². The van der Waals surface area contributed by atoms with Gasteiger partial charge in [0.2, 0.25) is 0 Å². The van der Waals surface area contributed by atoms with Crippen LogP contribution >= 0.6 is 11.6 Å². The molecule has 29 heavy (non-hydrogen) atoms. The normalized spacial score (nSPS) is 14.7.